The molecule has 2 rings (SSSR count). The first kappa shape index (κ1) is 12.4. The number of nitrogens with zero attached hydrogens (tertiary/aromatic N) is 1. The van der Waals surface area contributed by atoms with Crippen molar-refractivity contribution < 1.29 is 4.79 Å². The summed E-state index contributed by atoms with van der Waals surface area (Å²) in [4.78, 5) is 11.4. The second-order valence-electron chi connectivity index (χ2n) is 3.81. The fourth-order valence-corrected chi connectivity index (χ4v) is 2.51. The molecule has 0 aliphatic rings. The van der Waals surface area contributed by atoms with Crippen LogP contribution in [0.3, 0.4) is 0 Å². The van der Waals surface area contributed by atoms with Gasteiger partial charge in [-0.05, 0) is 29.8 Å². The van der Waals surface area contributed by atoms with Crippen LogP contribution in [-0.2, 0) is 6.54 Å². The van der Waals surface area contributed by atoms with Crippen LogP contribution >= 0.6 is 27.5 Å². The third-order valence-electron chi connectivity index (χ3n) is 2.55. The van der Waals surface area contributed by atoms with E-state index in [1.54, 1.807) is 6.92 Å². The topological polar surface area (TPSA) is 22.0 Å². The number of carbonyl (C=O) groups is 1. The summed E-state index contributed by atoms with van der Waals surface area (Å²) in [6, 6.07) is 9.36. The molecule has 88 valence electrons. The Morgan fingerprint density at radius 1 is 1.41 bits per heavy atom. The Bertz CT molecular complexity index is 562. The number of carbonyl (C=O) groups excluding carboxylic acids is 1. The molecule has 0 aliphatic heterocycles. The van der Waals surface area contributed by atoms with Crippen molar-refractivity contribution in [3.63, 3.8) is 0 Å². The molecule has 1 aromatic carbocycles. The van der Waals surface area contributed by atoms with E-state index in [0.29, 0.717) is 17.3 Å². The van der Waals surface area contributed by atoms with Crippen LogP contribution in [0.4, 0.5) is 0 Å². The summed E-state index contributed by atoms with van der Waals surface area (Å²) in [5.41, 5.74) is 1.81. The van der Waals surface area contributed by atoms with Gasteiger partial charge in [0.1, 0.15) is 0 Å². The molecule has 0 saturated carbocycles. The van der Waals surface area contributed by atoms with Crippen molar-refractivity contribution in [2.75, 3.05) is 0 Å². The Hall–Kier alpha value is -1.06. The number of Topliss-reactive ketones (excluding diaryl/α,β-unsaturated/α-hetero) is 1. The van der Waals surface area contributed by atoms with Crippen molar-refractivity contribution in [2.45, 2.75) is 13.5 Å². The average molecular weight is 313 g/mol. The van der Waals surface area contributed by atoms with Crippen LogP contribution in [-0.4, -0.2) is 10.4 Å². The van der Waals surface area contributed by atoms with Gasteiger partial charge < -0.3 is 4.57 Å². The van der Waals surface area contributed by atoms with Crippen LogP contribution in [0.15, 0.2) is 41.0 Å². The zero-order valence-electron chi connectivity index (χ0n) is 9.28. The highest BCUT2D eigenvalue weighted by Gasteiger charge is 2.08. The quantitative estimate of drug-likeness (QED) is 0.780. The Morgan fingerprint density at radius 3 is 2.82 bits per heavy atom. The summed E-state index contributed by atoms with van der Waals surface area (Å²) in [6.45, 7) is 2.22. The molecule has 2 aromatic rings. The minimum atomic E-state index is 0.0695. The van der Waals surface area contributed by atoms with Gasteiger partial charge in [0.2, 0.25) is 0 Å². The van der Waals surface area contributed by atoms with Gasteiger partial charge in [-0.2, -0.15) is 0 Å². The van der Waals surface area contributed by atoms with Crippen LogP contribution in [0.2, 0.25) is 5.02 Å². The molecule has 0 saturated heterocycles. The molecule has 17 heavy (non-hydrogen) atoms. The number of benzene rings is 1. The standard InChI is InChI=1S/C13H11BrClNO/c1-9(17)13-3-2-6-16(13)8-10-4-5-11(15)7-12(10)14/h2-7H,8H2,1H3. The van der Waals surface area contributed by atoms with Crippen LogP contribution in [0.1, 0.15) is 23.0 Å². The molecule has 0 amide bonds. The van der Waals surface area contributed by atoms with E-state index in [2.05, 4.69) is 15.9 Å². The lowest BCUT2D eigenvalue weighted by atomic mass is 10.2. The predicted octanol–water partition coefficient (Wildman–Crippen LogP) is 4.15. The highest BCUT2D eigenvalue weighted by Crippen LogP contribution is 2.23. The van der Waals surface area contributed by atoms with Gasteiger partial charge in [-0.25, -0.2) is 0 Å². The van der Waals surface area contributed by atoms with Crippen molar-refractivity contribution in [3.8, 4) is 0 Å². The fourth-order valence-electron chi connectivity index (χ4n) is 1.71. The van der Waals surface area contributed by atoms with E-state index in [-0.39, 0.29) is 5.78 Å². The minimum Gasteiger partial charge on any atom is -0.341 e. The number of hydrogen-bond donors (Lipinski definition) is 0. The lowest BCUT2D eigenvalue weighted by molar-refractivity contribution is 0.100. The molecule has 0 N–H and O–H groups in total. The maximum absolute atomic E-state index is 11.4. The largest absolute Gasteiger partial charge is 0.341 e. The third-order valence-corrected chi connectivity index (χ3v) is 3.52. The Morgan fingerprint density at radius 2 is 2.18 bits per heavy atom. The van der Waals surface area contributed by atoms with Gasteiger partial charge in [0.05, 0.1) is 5.69 Å². The predicted molar refractivity (Wildman–Crippen MR) is 72.7 cm³/mol. The van der Waals surface area contributed by atoms with Gasteiger partial charge in [0.15, 0.2) is 5.78 Å². The Kier molecular flexibility index (Phi) is 3.69. The second kappa shape index (κ2) is 5.07. The van der Waals surface area contributed by atoms with Crippen LogP contribution in [0.25, 0.3) is 0 Å². The molecule has 0 bridgehead atoms. The molecular weight excluding hydrogens is 302 g/mol. The first-order valence-corrected chi connectivity index (χ1v) is 6.35. The molecule has 1 aromatic heterocycles. The molecule has 0 radical (unpaired) electrons. The number of halogens is 2. The van der Waals surface area contributed by atoms with E-state index in [0.717, 1.165) is 10.0 Å². The van der Waals surface area contributed by atoms with Gasteiger partial charge >= 0.3 is 0 Å². The summed E-state index contributed by atoms with van der Waals surface area (Å²) in [5, 5.41) is 0.694. The first-order chi connectivity index (χ1) is 8.08. The van der Waals surface area contributed by atoms with E-state index >= 15 is 0 Å². The van der Waals surface area contributed by atoms with Crippen molar-refractivity contribution in [1.82, 2.24) is 4.57 Å². The van der Waals surface area contributed by atoms with E-state index in [1.165, 1.54) is 0 Å². The normalized spacial score (nSPS) is 10.5. The van der Waals surface area contributed by atoms with Gasteiger partial charge in [-0.3, -0.25) is 4.79 Å². The van der Waals surface area contributed by atoms with Gasteiger partial charge in [0.25, 0.3) is 0 Å². The van der Waals surface area contributed by atoms with Crippen molar-refractivity contribution in [1.29, 1.82) is 0 Å². The highest BCUT2D eigenvalue weighted by molar-refractivity contribution is 9.10. The zero-order chi connectivity index (χ0) is 12.4. The lowest BCUT2D eigenvalue weighted by Gasteiger charge is -2.09. The van der Waals surface area contributed by atoms with Gasteiger partial charge in [-0.1, -0.05) is 33.6 Å². The molecule has 0 spiro atoms. The zero-order valence-corrected chi connectivity index (χ0v) is 11.6. The monoisotopic (exact) mass is 311 g/mol. The molecular formula is C13H11BrClNO. The maximum Gasteiger partial charge on any atom is 0.176 e. The number of rotatable bonds is 3. The molecule has 0 aliphatic carbocycles. The summed E-state index contributed by atoms with van der Waals surface area (Å²) in [7, 11) is 0. The smallest absolute Gasteiger partial charge is 0.176 e. The SMILES string of the molecule is CC(=O)c1cccn1Cc1ccc(Cl)cc1Br. The Labute approximate surface area is 113 Å². The van der Waals surface area contributed by atoms with E-state index < -0.39 is 0 Å². The molecule has 4 heteroatoms. The number of ketones is 1. The third kappa shape index (κ3) is 2.79. The van der Waals surface area contributed by atoms with E-state index in [1.807, 2.05) is 41.1 Å². The molecule has 0 fully saturated rings. The fraction of sp³-hybridized carbons (Fsp3) is 0.154. The van der Waals surface area contributed by atoms with Gasteiger partial charge in [0, 0.05) is 29.2 Å². The minimum absolute atomic E-state index is 0.0695. The molecule has 0 unspecified atom stereocenters. The van der Waals surface area contributed by atoms with Gasteiger partial charge in [-0.15, -0.1) is 0 Å². The summed E-state index contributed by atoms with van der Waals surface area (Å²) in [5.74, 6) is 0.0695. The van der Waals surface area contributed by atoms with E-state index in [9.17, 15) is 4.79 Å². The van der Waals surface area contributed by atoms with Crippen molar-refractivity contribution in [3.05, 3.63) is 57.3 Å². The van der Waals surface area contributed by atoms with E-state index in [4.69, 9.17) is 11.6 Å². The Balaban J connectivity index is 2.31. The first-order valence-electron chi connectivity index (χ1n) is 5.18. The van der Waals surface area contributed by atoms with Crippen LogP contribution < -0.4 is 0 Å². The highest BCUT2D eigenvalue weighted by atomic mass is 79.9. The molecule has 0 atom stereocenters. The van der Waals surface area contributed by atoms with Crippen LogP contribution in [0, 0.1) is 0 Å². The van der Waals surface area contributed by atoms with Crippen molar-refractivity contribution >= 4 is 33.3 Å². The summed E-state index contributed by atoms with van der Waals surface area (Å²) >= 11 is 9.36. The summed E-state index contributed by atoms with van der Waals surface area (Å²) in [6.07, 6.45) is 1.90. The maximum atomic E-state index is 11.4. The molecule has 1 heterocycles. The summed E-state index contributed by atoms with van der Waals surface area (Å²) < 4.78 is 2.88. The van der Waals surface area contributed by atoms with Crippen molar-refractivity contribution in [2.24, 2.45) is 0 Å². The average Bonchev–Trinajstić information content (AvgIpc) is 2.70. The van der Waals surface area contributed by atoms with Crippen LogP contribution in [0.5, 0.6) is 0 Å². The molecule has 2 nitrogen and oxygen atoms in total. The number of aromatic nitrogens is 1. The lowest BCUT2D eigenvalue weighted by Crippen LogP contribution is -2.07. The second-order valence-corrected chi connectivity index (χ2v) is 5.10. The number of hydrogen-bond acceptors (Lipinski definition) is 1.